The lowest BCUT2D eigenvalue weighted by Gasteiger charge is -2.28. The fraction of sp³-hybridized carbons (Fsp3) is 0.448. The van der Waals surface area contributed by atoms with Gasteiger partial charge in [0.1, 0.15) is 11.9 Å². The zero-order valence-corrected chi connectivity index (χ0v) is 21.9. The van der Waals surface area contributed by atoms with Gasteiger partial charge in [-0.25, -0.2) is 4.98 Å². The van der Waals surface area contributed by atoms with Gasteiger partial charge in [-0.1, -0.05) is 56.3 Å². The first-order valence-electron chi connectivity index (χ1n) is 13.2. The maximum atomic E-state index is 13.4. The van der Waals surface area contributed by atoms with Crippen molar-refractivity contribution in [1.29, 1.82) is 0 Å². The third-order valence-corrected chi connectivity index (χ3v) is 6.91. The van der Waals surface area contributed by atoms with E-state index in [1.807, 2.05) is 80.3 Å². The minimum absolute atomic E-state index is 0.0106. The van der Waals surface area contributed by atoms with Gasteiger partial charge in [-0.3, -0.25) is 14.4 Å². The summed E-state index contributed by atoms with van der Waals surface area (Å²) in [4.78, 5) is 49.2. The molecule has 1 aromatic heterocycles. The van der Waals surface area contributed by atoms with Crippen molar-refractivity contribution in [3.05, 3.63) is 66.0 Å². The lowest BCUT2D eigenvalue weighted by atomic mass is 10.0. The maximum Gasteiger partial charge on any atom is 0.243 e. The van der Waals surface area contributed by atoms with E-state index in [-0.39, 0.29) is 24.3 Å². The highest BCUT2D eigenvalue weighted by atomic mass is 16.2. The molecular weight excluding hydrogens is 466 g/mol. The molecule has 2 aromatic carbocycles. The number of nitrogens with one attached hydrogen (secondary N) is 3. The highest BCUT2D eigenvalue weighted by Gasteiger charge is 2.33. The molecule has 8 nitrogen and oxygen atoms in total. The molecule has 0 aliphatic carbocycles. The Hall–Kier alpha value is -3.68. The van der Waals surface area contributed by atoms with E-state index in [1.165, 1.54) is 0 Å². The Morgan fingerprint density at radius 1 is 1.03 bits per heavy atom. The zero-order chi connectivity index (χ0) is 26.4. The Bertz CT molecular complexity index is 1190. The first-order valence-corrected chi connectivity index (χ1v) is 13.2. The molecule has 196 valence electrons. The van der Waals surface area contributed by atoms with Gasteiger partial charge >= 0.3 is 0 Å². The van der Waals surface area contributed by atoms with Gasteiger partial charge in [-0.2, -0.15) is 0 Å². The van der Waals surface area contributed by atoms with Crippen LogP contribution in [0.1, 0.15) is 76.3 Å². The van der Waals surface area contributed by atoms with Gasteiger partial charge in [0.25, 0.3) is 0 Å². The lowest BCUT2D eigenvalue weighted by molar-refractivity contribution is -0.137. The van der Waals surface area contributed by atoms with Gasteiger partial charge in [0.15, 0.2) is 0 Å². The highest BCUT2D eigenvalue weighted by molar-refractivity contribution is 5.92. The quantitative estimate of drug-likeness (QED) is 0.381. The van der Waals surface area contributed by atoms with Crippen molar-refractivity contribution in [1.82, 2.24) is 25.5 Å². The second-order valence-corrected chi connectivity index (χ2v) is 10.3. The van der Waals surface area contributed by atoms with Gasteiger partial charge < -0.3 is 20.5 Å². The topological polar surface area (TPSA) is 107 Å². The number of aromatic nitrogens is 2. The number of imidazole rings is 1. The number of benzene rings is 2. The Kier molecular flexibility index (Phi) is 8.58. The third kappa shape index (κ3) is 6.76. The average molecular weight is 504 g/mol. The summed E-state index contributed by atoms with van der Waals surface area (Å²) < 4.78 is 0. The summed E-state index contributed by atoms with van der Waals surface area (Å²) in [6.45, 7) is 6.57. The maximum absolute atomic E-state index is 13.4. The van der Waals surface area contributed by atoms with E-state index >= 15 is 0 Å². The predicted octanol–water partition coefficient (Wildman–Crippen LogP) is 4.41. The van der Waals surface area contributed by atoms with Crippen LogP contribution < -0.4 is 10.6 Å². The van der Waals surface area contributed by atoms with Crippen molar-refractivity contribution >= 4 is 28.8 Å². The second-order valence-electron chi connectivity index (χ2n) is 10.3. The number of H-pyrrole nitrogens is 1. The van der Waals surface area contributed by atoms with Crippen LogP contribution in [0, 0.1) is 5.92 Å². The first kappa shape index (κ1) is 26.4. The first-order chi connectivity index (χ1) is 17.8. The molecule has 1 saturated heterocycles. The molecule has 3 atom stereocenters. The molecule has 1 aliphatic heterocycles. The predicted molar refractivity (Wildman–Crippen MR) is 143 cm³/mol. The number of carbonyl (C=O) groups excluding carboxylic acids is 3. The standard InChI is InChI=1S/C29H37N5O3/c1-19(2)15-16-26(35)31-24(18-27(36)34-17-9-14-25(34)21-10-5-4-6-11-21)29(37)30-20(3)28-32-22-12-7-8-13-23(22)33-28/h4-8,10-13,19-20,24-25H,9,14-18H2,1-3H3,(H,30,37)(H,31,35)(H,32,33)/t20-,24?,25?/m1/s1. The van der Waals surface area contributed by atoms with Crippen LogP contribution in [0.25, 0.3) is 11.0 Å². The van der Waals surface area contributed by atoms with E-state index in [9.17, 15) is 14.4 Å². The van der Waals surface area contributed by atoms with E-state index in [1.54, 1.807) is 0 Å². The van der Waals surface area contributed by atoms with E-state index in [0.29, 0.717) is 31.1 Å². The Morgan fingerprint density at radius 3 is 2.49 bits per heavy atom. The average Bonchev–Trinajstić information content (AvgIpc) is 3.55. The van der Waals surface area contributed by atoms with Crippen molar-refractivity contribution in [3.63, 3.8) is 0 Å². The summed E-state index contributed by atoms with van der Waals surface area (Å²) in [5, 5.41) is 5.78. The number of amides is 3. The van der Waals surface area contributed by atoms with E-state index in [2.05, 4.69) is 20.6 Å². The van der Waals surface area contributed by atoms with Crippen LogP contribution in [0.3, 0.4) is 0 Å². The molecule has 3 aromatic rings. The lowest BCUT2D eigenvalue weighted by Crippen LogP contribution is -2.50. The van der Waals surface area contributed by atoms with Crippen molar-refractivity contribution in [2.24, 2.45) is 5.92 Å². The number of fused-ring (bicyclic) bond motifs is 1. The molecule has 4 rings (SSSR count). The van der Waals surface area contributed by atoms with E-state index in [4.69, 9.17) is 0 Å². The summed E-state index contributed by atoms with van der Waals surface area (Å²) in [6.07, 6.45) is 2.73. The van der Waals surface area contributed by atoms with E-state index in [0.717, 1.165) is 29.4 Å². The molecule has 1 aliphatic rings. The number of hydrogen-bond donors (Lipinski definition) is 3. The van der Waals surface area contributed by atoms with Crippen molar-refractivity contribution < 1.29 is 14.4 Å². The van der Waals surface area contributed by atoms with Gasteiger partial charge in [0.2, 0.25) is 17.7 Å². The number of hydrogen-bond acceptors (Lipinski definition) is 4. The molecule has 3 N–H and O–H groups in total. The normalized spacial score (nSPS) is 17.1. The van der Waals surface area contributed by atoms with Crippen molar-refractivity contribution in [3.8, 4) is 0 Å². The molecule has 3 amide bonds. The molecule has 0 bridgehead atoms. The van der Waals surface area contributed by atoms with Crippen LogP contribution >= 0.6 is 0 Å². The number of rotatable bonds is 10. The smallest absolute Gasteiger partial charge is 0.243 e. The van der Waals surface area contributed by atoms with Gasteiger partial charge in [-0.05, 0) is 49.8 Å². The summed E-state index contributed by atoms with van der Waals surface area (Å²) >= 11 is 0. The monoisotopic (exact) mass is 503 g/mol. The van der Waals surface area contributed by atoms with Crippen LogP contribution in [0.5, 0.6) is 0 Å². The largest absolute Gasteiger partial charge is 0.345 e. The Balaban J connectivity index is 1.47. The van der Waals surface area contributed by atoms with Crippen LogP contribution in [-0.4, -0.2) is 45.2 Å². The molecule has 2 heterocycles. The molecule has 0 radical (unpaired) electrons. The molecule has 8 heteroatoms. The number of likely N-dealkylation sites (tertiary alicyclic amines) is 1. The number of para-hydroxylation sites is 2. The number of nitrogens with zero attached hydrogens (tertiary/aromatic N) is 2. The SMILES string of the molecule is CC(C)CCC(=O)NC(CC(=O)N1CCCC1c1ccccc1)C(=O)N[C@H](C)c1nc2ccccc2[nH]1. The molecule has 37 heavy (non-hydrogen) atoms. The van der Waals surface area contributed by atoms with Crippen LogP contribution in [0.15, 0.2) is 54.6 Å². The molecule has 0 spiro atoms. The third-order valence-electron chi connectivity index (χ3n) is 6.91. The summed E-state index contributed by atoms with van der Waals surface area (Å²) in [7, 11) is 0. The fourth-order valence-electron chi connectivity index (χ4n) is 4.83. The fourth-order valence-corrected chi connectivity index (χ4v) is 4.83. The number of carbonyl (C=O) groups is 3. The van der Waals surface area contributed by atoms with Crippen LogP contribution in [0.4, 0.5) is 0 Å². The zero-order valence-electron chi connectivity index (χ0n) is 21.9. The Labute approximate surface area is 218 Å². The van der Waals surface area contributed by atoms with E-state index < -0.39 is 18.0 Å². The second kappa shape index (κ2) is 12.0. The van der Waals surface area contributed by atoms with Gasteiger partial charge in [0.05, 0.1) is 29.5 Å². The molecule has 0 saturated carbocycles. The number of aromatic amines is 1. The summed E-state index contributed by atoms with van der Waals surface area (Å²) in [5.74, 6) is 0.235. The molecule has 1 fully saturated rings. The van der Waals surface area contributed by atoms with Crippen molar-refractivity contribution in [2.45, 2.75) is 71.0 Å². The summed E-state index contributed by atoms with van der Waals surface area (Å²) in [5.41, 5.74) is 2.79. The van der Waals surface area contributed by atoms with Gasteiger partial charge in [0, 0.05) is 13.0 Å². The van der Waals surface area contributed by atoms with Crippen molar-refractivity contribution in [2.75, 3.05) is 6.54 Å². The van der Waals surface area contributed by atoms with Crippen LogP contribution in [0.2, 0.25) is 0 Å². The molecular formula is C29H37N5O3. The Morgan fingerprint density at radius 2 is 1.76 bits per heavy atom. The molecule has 2 unspecified atom stereocenters. The summed E-state index contributed by atoms with van der Waals surface area (Å²) in [6, 6.07) is 16.2. The minimum Gasteiger partial charge on any atom is -0.345 e. The van der Waals surface area contributed by atoms with Gasteiger partial charge in [-0.15, -0.1) is 0 Å². The van der Waals surface area contributed by atoms with Crippen LogP contribution in [-0.2, 0) is 14.4 Å². The minimum atomic E-state index is -0.962. The highest BCUT2D eigenvalue weighted by Crippen LogP contribution is 2.32.